The Morgan fingerprint density at radius 3 is 2.48 bits per heavy atom. The van der Waals surface area contributed by atoms with Crippen LogP contribution in [0.5, 0.6) is 5.75 Å². The van der Waals surface area contributed by atoms with Gasteiger partial charge in [0.2, 0.25) is 0 Å². The molecule has 2 atom stereocenters. The lowest BCUT2D eigenvalue weighted by molar-refractivity contribution is 0.161. The molecule has 116 valence electrons. The van der Waals surface area contributed by atoms with Gasteiger partial charge >= 0.3 is 0 Å². The van der Waals surface area contributed by atoms with Gasteiger partial charge in [-0.15, -0.1) is 11.8 Å². The second kappa shape index (κ2) is 8.50. The molecular weight excluding hydrogens is 280 g/mol. The number of benzene rings is 1. The zero-order chi connectivity index (χ0) is 15.1. The van der Waals surface area contributed by atoms with Gasteiger partial charge in [-0.3, -0.25) is 0 Å². The van der Waals surface area contributed by atoms with Gasteiger partial charge in [-0.25, -0.2) is 0 Å². The van der Waals surface area contributed by atoms with Crippen LogP contribution >= 0.6 is 11.8 Å². The molecule has 0 radical (unpaired) electrons. The van der Waals surface area contributed by atoms with Crippen LogP contribution in [0.3, 0.4) is 0 Å². The predicted octanol–water partition coefficient (Wildman–Crippen LogP) is 4.94. The third-order valence-electron chi connectivity index (χ3n) is 3.96. The second-order valence-electron chi connectivity index (χ2n) is 5.67. The van der Waals surface area contributed by atoms with Crippen molar-refractivity contribution in [3.63, 3.8) is 0 Å². The van der Waals surface area contributed by atoms with Crippen molar-refractivity contribution in [1.82, 2.24) is 0 Å². The molecule has 0 N–H and O–H groups in total. The molecule has 0 unspecified atom stereocenters. The van der Waals surface area contributed by atoms with Crippen LogP contribution in [-0.2, 0) is 4.74 Å². The van der Waals surface area contributed by atoms with E-state index < -0.39 is 0 Å². The lowest BCUT2D eigenvalue weighted by Crippen LogP contribution is -2.22. The lowest BCUT2D eigenvalue weighted by atomic mass is 9.92. The van der Waals surface area contributed by atoms with E-state index in [1.54, 1.807) is 19.8 Å². The van der Waals surface area contributed by atoms with E-state index in [0.29, 0.717) is 11.2 Å². The smallest absolute Gasteiger partial charge is 0.118 e. The fourth-order valence-electron chi connectivity index (χ4n) is 2.83. The number of allylic oxidation sites excluding steroid dienone is 1. The quantitative estimate of drug-likeness (QED) is 0.525. The topological polar surface area (TPSA) is 18.5 Å². The molecular formula is C18H26O2S. The summed E-state index contributed by atoms with van der Waals surface area (Å²) >= 11 is 1.96. The van der Waals surface area contributed by atoms with Crippen molar-refractivity contribution in [1.29, 1.82) is 0 Å². The fourth-order valence-corrected chi connectivity index (χ4v) is 4.09. The van der Waals surface area contributed by atoms with Crippen molar-refractivity contribution in [2.24, 2.45) is 5.92 Å². The summed E-state index contributed by atoms with van der Waals surface area (Å²) < 4.78 is 10.6. The Hall–Kier alpha value is -0.930. The maximum Gasteiger partial charge on any atom is 0.118 e. The molecule has 0 bridgehead atoms. The van der Waals surface area contributed by atoms with Crippen molar-refractivity contribution in [3.05, 3.63) is 35.9 Å². The van der Waals surface area contributed by atoms with Gasteiger partial charge in [-0.1, -0.05) is 18.6 Å². The number of thioether (sulfide) groups is 1. The Labute approximate surface area is 132 Å². The van der Waals surface area contributed by atoms with E-state index in [0.717, 1.165) is 12.4 Å². The highest BCUT2D eigenvalue weighted by Gasteiger charge is 2.23. The summed E-state index contributed by atoms with van der Waals surface area (Å²) in [6, 6.07) is 8.38. The minimum Gasteiger partial charge on any atom is -0.497 e. The van der Waals surface area contributed by atoms with E-state index in [1.165, 1.54) is 30.6 Å². The van der Waals surface area contributed by atoms with Crippen LogP contribution in [-0.4, -0.2) is 26.1 Å². The van der Waals surface area contributed by atoms with Gasteiger partial charge < -0.3 is 9.47 Å². The van der Waals surface area contributed by atoms with E-state index in [4.69, 9.17) is 9.47 Å². The third-order valence-corrected chi connectivity index (χ3v) is 5.53. The fraction of sp³-hybridized carbons (Fsp3) is 0.556. The first-order valence-electron chi connectivity index (χ1n) is 7.73. The average molecular weight is 306 g/mol. The SMILES string of the molecule is COC[C@@H](C)[C@H](Sc1ccc(OC)cc1)C1=CCCCC1. The van der Waals surface area contributed by atoms with E-state index in [9.17, 15) is 0 Å². The van der Waals surface area contributed by atoms with Crippen LogP contribution in [0, 0.1) is 5.92 Å². The number of hydrogen-bond donors (Lipinski definition) is 0. The van der Waals surface area contributed by atoms with E-state index in [2.05, 4.69) is 25.1 Å². The van der Waals surface area contributed by atoms with Crippen LogP contribution in [0.15, 0.2) is 40.8 Å². The van der Waals surface area contributed by atoms with Crippen molar-refractivity contribution >= 4 is 11.8 Å². The largest absolute Gasteiger partial charge is 0.497 e. The first kappa shape index (κ1) is 16.4. The predicted molar refractivity (Wildman–Crippen MR) is 90.2 cm³/mol. The summed E-state index contributed by atoms with van der Waals surface area (Å²) in [5, 5.41) is 0.513. The van der Waals surface area contributed by atoms with Crippen molar-refractivity contribution in [2.75, 3.05) is 20.8 Å². The van der Waals surface area contributed by atoms with E-state index in [1.807, 2.05) is 23.9 Å². The zero-order valence-electron chi connectivity index (χ0n) is 13.3. The maximum atomic E-state index is 5.39. The van der Waals surface area contributed by atoms with Crippen LogP contribution in [0.4, 0.5) is 0 Å². The van der Waals surface area contributed by atoms with Gasteiger partial charge in [0.1, 0.15) is 5.75 Å². The summed E-state index contributed by atoms with van der Waals surface area (Å²) in [7, 11) is 3.50. The van der Waals surface area contributed by atoms with E-state index in [-0.39, 0.29) is 0 Å². The van der Waals surface area contributed by atoms with Crippen LogP contribution < -0.4 is 4.74 Å². The third kappa shape index (κ3) is 4.79. The second-order valence-corrected chi connectivity index (χ2v) is 6.89. The summed E-state index contributed by atoms with van der Waals surface area (Å²) in [6.07, 6.45) is 7.58. The standard InChI is InChI=1S/C18H26O2S/c1-14(13-19-2)18(15-7-5-4-6-8-15)21-17-11-9-16(20-3)10-12-17/h7,9-12,14,18H,4-6,8,13H2,1-3H3/t14-,18+/m1/s1. The van der Waals surface area contributed by atoms with Gasteiger partial charge in [0.25, 0.3) is 0 Å². The minimum atomic E-state index is 0.513. The van der Waals surface area contributed by atoms with Gasteiger partial charge in [0.15, 0.2) is 0 Å². The van der Waals surface area contributed by atoms with Crippen LogP contribution in [0.2, 0.25) is 0 Å². The summed E-state index contributed by atoms with van der Waals surface area (Å²) in [5.41, 5.74) is 1.60. The van der Waals surface area contributed by atoms with Gasteiger partial charge in [-0.2, -0.15) is 0 Å². The molecule has 0 spiro atoms. The summed E-state index contributed by atoms with van der Waals surface area (Å²) in [4.78, 5) is 1.30. The highest BCUT2D eigenvalue weighted by molar-refractivity contribution is 8.00. The summed E-state index contributed by atoms with van der Waals surface area (Å²) in [6.45, 7) is 3.10. The molecule has 3 heteroatoms. The molecule has 2 nitrogen and oxygen atoms in total. The molecule has 0 fully saturated rings. The normalized spacial score (nSPS) is 18.0. The highest BCUT2D eigenvalue weighted by Crippen LogP contribution is 2.37. The molecule has 1 aromatic carbocycles. The monoisotopic (exact) mass is 306 g/mol. The molecule has 0 saturated heterocycles. The van der Waals surface area contributed by atoms with Crippen LogP contribution in [0.1, 0.15) is 32.6 Å². The Morgan fingerprint density at radius 1 is 1.14 bits per heavy atom. The Kier molecular flexibility index (Phi) is 6.65. The number of rotatable bonds is 7. The molecule has 1 aromatic rings. The molecule has 21 heavy (non-hydrogen) atoms. The Balaban J connectivity index is 2.12. The molecule has 1 aliphatic rings. The van der Waals surface area contributed by atoms with Crippen molar-refractivity contribution in [2.45, 2.75) is 42.8 Å². The molecule has 1 aliphatic carbocycles. The van der Waals surface area contributed by atoms with Crippen LogP contribution in [0.25, 0.3) is 0 Å². The Morgan fingerprint density at radius 2 is 1.90 bits per heavy atom. The molecule has 2 rings (SSSR count). The first-order valence-corrected chi connectivity index (χ1v) is 8.61. The van der Waals surface area contributed by atoms with Gasteiger partial charge in [0.05, 0.1) is 13.7 Å². The lowest BCUT2D eigenvalue weighted by Gasteiger charge is -2.28. The van der Waals surface area contributed by atoms with Crippen molar-refractivity contribution < 1.29 is 9.47 Å². The Bertz CT molecular complexity index is 453. The average Bonchev–Trinajstić information content (AvgIpc) is 2.54. The minimum absolute atomic E-state index is 0.513. The molecule has 0 heterocycles. The van der Waals surface area contributed by atoms with Gasteiger partial charge in [0, 0.05) is 17.3 Å². The molecule has 0 saturated carbocycles. The maximum absolute atomic E-state index is 5.39. The zero-order valence-corrected chi connectivity index (χ0v) is 14.1. The molecule has 0 aromatic heterocycles. The highest BCUT2D eigenvalue weighted by atomic mass is 32.2. The van der Waals surface area contributed by atoms with Crippen molar-refractivity contribution in [3.8, 4) is 5.75 Å². The summed E-state index contributed by atoms with van der Waals surface area (Å²) in [5.74, 6) is 1.43. The number of hydrogen-bond acceptors (Lipinski definition) is 3. The molecule has 0 aliphatic heterocycles. The first-order chi connectivity index (χ1) is 10.2. The molecule has 0 amide bonds. The number of ether oxygens (including phenoxy) is 2. The number of methoxy groups -OCH3 is 2. The van der Waals surface area contributed by atoms with Gasteiger partial charge in [-0.05, 0) is 55.9 Å². The van der Waals surface area contributed by atoms with E-state index >= 15 is 0 Å².